The van der Waals surface area contributed by atoms with Crippen LogP contribution in [0.4, 0.5) is 0 Å². The number of hydrogen-bond acceptors (Lipinski definition) is 3. The number of nitrogens with one attached hydrogen (secondary N) is 1. The monoisotopic (exact) mass is 351 g/mol. The number of hydrogen-bond donors (Lipinski definition) is 2. The first-order valence-electron chi connectivity index (χ1n) is 4.99. The van der Waals surface area contributed by atoms with E-state index in [0.29, 0.717) is 11.6 Å². The van der Waals surface area contributed by atoms with Crippen LogP contribution in [0.15, 0.2) is 22.7 Å². The molecule has 0 saturated heterocycles. The summed E-state index contributed by atoms with van der Waals surface area (Å²) in [7, 11) is 0. The number of carboxylic acid groups (broad SMARTS) is 1. The molecule has 1 aromatic rings. The Morgan fingerprint density at radius 1 is 1.39 bits per heavy atom. The van der Waals surface area contributed by atoms with Crippen LogP contribution in [0.5, 0.6) is 0 Å². The van der Waals surface area contributed by atoms with Crippen molar-refractivity contribution in [2.75, 3.05) is 11.5 Å². The van der Waals surface area contributed by atoms with Crippen LogP contribution >= 0.6 is 39.3 Å². The van der Waals surface area contributed by atoms with Gasteiger partial charge in [-0.05, 0) is 17.7 Å². The standard InChI is InChI=1S/C11H11BrClNO3S/c12-8-2-1-7(9(13)3-8)4-14-10(15)5-18-6-11(16)17/h1-3H,4-6H2,(H,14,15)(H,16,17). The molecule has 1 amide bonds. The Hall–Kier alpha value is -0.720. The lowest BCUT2D eigenvalue weighted by molar-refractivity contribution is -0.133. The zero-order chi connectivity index (χ0) is 13.5. The van der Waals surface area contributed by atoms with Gasteiger partial charge in [0, 0.05) is 16.0 Å². The Morgan fingerprint density at radius 2 is 2.11 bits per heavy atom. The Bertz CT molecular complexity index is 456. The van der Waals surface area contributed by atoms with Crippen LogP contribution in [0.2, 0.25) is 5.02 Å². The maximum absolute atomic E-state index is 11.4. The van der Waals surface area contributed by atoms with Crippen LogP contribution in [0, 0.1) is 0 Å². The molecule has 0 aliphatic carbocycles. The minimum absolute atomic E-state index is 0.0769. The smallest absolute Gasteiger partial charge is 0.313 e. The van der Waals surface area contributed by atoms with E-state index in [1.807, 2.05) is 12.1 Å². The molecule has 0 unspecified atom stereocenters. The second kappa shape index (κ2) is 7.66. The van der Waals surface area contributed by atoms with Crippen molar-refractivity contribution in [1.82, 2.24) is 5.32 Å². The van der Waals surface area contributed by atoms with E-state index in [4.69, 9.17) is 16.7 Å². The number of amides is 1. The van der Waals surface area contributed by atoms with Crippen molar-refractivity contribution < 1.29 is 14.7 Å². The van der Waals surface area contributed by atoms with Gasteiger partial charge in [0.2, 0.25) is 5.91 Å². The maximum atomic E-state index is 11.4. The van der Waals surface area contributed by atoms with E-state index < -0.39 is 5.97 Å². The molecule has 0 aliphatic heterocycles. The average Bonchev–Trinajstić information content (AvgIpc) is 2.27. The van der Waals surface area contributed by atoms with E-state index >= 15 is 0 Å². The first-order chi connectivity index (χ1) is 8.49. The van der Waals surface area contributed by atoms with Crippen molar-refractivity contribution in [3.63, 3.8) is 0 Å². The van der Waals surface area contributed by atoms with Gasteiger partial charge in [0.05, 0.1) is 11.5 Å². The van der Waals surface area contributed by atoms with Crippen LogP contribution in [0.1, 0.15) is 5.56 Å². The number of rotatable bonds is 6. The van der Waals surface area contributed by atoms with E-state index in [9.17, 15) is 9.59 Å². The van der Waals surface area contributed by atoms with Crippen LogP contribution in [0.25, 0.3) is 0 Å². The van der Waals surface area contributed by atoms with Gasteiger partial charge in [-0.2, -0.15) is 0 Å². The molecule has 4 nitrogen and oxygen atoms in total. The minimum atomic E-state index is -0.927. The van der Waals surface area contributed by atoms with Gasteiger partial charge in [-0.15, -0.1) is 11.8 Å². The Kier molecular flexibility index (Phi) is 6.52. The van der Waals surface area contributed by atoms with Gasteiger partial charge in [0.1, 0.15) is 0 Å². The molecule has 98 valence electrons. The summed E-state index contributed by atoms with van der Waals surface area (Å²) >= 11 is 10.3. The van der Waals surface area contributed by atoms with E-state index in [1.165, 1.54) is 0 Å². The summed E-state index contributed by atoms with van der Waals surface area (Å²) in [5.74, 6) is -1.09. The van der Waals surface area contributed by atoms with Crippen LogP contribution in [0.3, 0.4) is 0 Å². The van der Waals surface area contributed by atoms with Gasteiger partial charge in [-0.3, -0.25) is 9.59 Å². The van der Waals surface area contributed by atoms with Crippen molar-refractivity contribution in [2.45, 2.75) is 6.54 Å². The van der Waals surface area contributed by atoms with Crippen molar-refractivity contribution in [2.24, 2.45) is 0 Å². The molecule has 18 heavy (non-hydrogen) atoms. The molecule has 0 aromatic heterocycles. The predicted octanol–water partition coefficient (Wildman–Crippen LogP) is 2.54. The topological polar surface area (TPSA) is 66.4 Å². The molecule has 0 saturated carbocycles. The predicted molar refractivity (Wildman–Crippen MR) is 76.0 cm³/mol. The van der Waals surface area contributed by atoms with Crippen molar-refractivity contribution >= 4 is 51.2 Å². The highest BCUT2D eigenvalue weighted by molar-refractivity contribution is 9.10. The van der Waals surface area contributed by atoms with Gasteiger partial charge in [-0.25, -0.2) is 0 Å². The molecule has 0 fully saturated rings. The normalized spacial score (nSPS) is 10.1. The second-order valence-corrected chi connectivity index (χ2v) is 5.71. The number of aliphatic carboxylic acids is 1. The van der Waals surface area contributed by atoms with E-state index in [1.54, 1.807) is 6.07 Å². The van der Waals surface area contributed by atoms with Crippen molar-refractivity contribution in [1.29, 1.82) is 0 Å². The molecule has 0 aliphatic rings. The fourth-order valence-corrected chi connectivity index (χ4v) is 2.45. The number of halogens is 2. The SMILES string of the molecule is O=C(O)CSCC(=O)NCc1ccc(Br)cc1Cl. The lowest BCUT2D eigenvalue weighted by Crippen LogP contribution is -2.25. The highest BCUT2D eigenvalue weighted by atomic mass is 79.9. The number of thioether (sulfide) groups is 1. The van der Waals surface area contributed by atoms with Crippen molar-refractivity contribution in [3.8, 4) is 0 Å². The summed E-state index contributed by atoms with van der Waals surface area (Å²) in [4.78, 5) is 21.7. The first-order valence-corrected chi connectivity index (χ1v) is 7.32. The Morgan fingerprint density at radius 3 is 2.72 bits per heavy atom. The van der Waals surface area contributed by atoms with Gasteiger partial charge in [0.15, 0.2) is 0 Å². The number of carbonyl (C=O) groups excluding carboxylic acids is 1. The van der Waals surface area contributed by atoms with Gasteiger partial charge < -0.3 is 10.4 Å². The van der Waals surface area contributed by atoms with Gasteiger partial charge in [0.25, 0.3) is 0 Å². The lowest BCUT2D eigenvalue weighted by atomic mass is 10.2. The quantitative estimate of drug-likeness (QED) is 0.825. The molecule has 0 radical (unpaired) electrons. The Labute approximate surface area is 122 Å². The number of carboxylic acids is 1. The molecule has 0 spiro atoms. The summed E-state index contributed by atoms with van der Waals surface area (Å²) in [6, 6.07) is 5.41. The number of carbonyl (C=O) groups is 2. The number of benzene rings is 1. The lowest BCUT2D eigenvalue weighted by Gasteiger charge is -2.07. The summed E-state index contributed by atoms with van der Waals surface area (Å²) < 4.78 is 0.875. The van der Waals surface area contributed by atoms with E-state index in [2.05, 4.69) is 21.2 Å². The van der Waals surface area contributed by atoms with Crippen LogP contribution in [-0.4, -0.2) is 28.5 Å². The minimum Gasteiger partial charge on any atom is -0.481 e. The highest BCUT2D eigenvalue weighted by Crippen LogP contribution is 2.21. The summed E-state index contributed by atoms with van der Waals surface area (Å²) in [6.07, 6.45) is 0. The fraction of sp³-hybridized carbons (Fsp3) is 0.273. The summed E-state index contributed by atoms with van der Waals surface area (Å²) in [6.45, 7) is 0.332. The molecule has 7 heteroatoms. The Balaban J connectivity index is 2.36. The zero-order valence-corrected chi connectivity index (χ0v) is 12.4. The third kappa shape index (κ3) is 5.75. The maximum Gasteiger partial charge on any atom is 0.313 e. The molecular formula is C11H11BrClNO3S. The molecule has 0 heterocycles. The van der Waals surface area contributed by atoms with Gasteiger partial charge >= 0.3 is 5.97 Å². The first kappa shape index (κ1) is 15.3. The molecule has 1 aromatic carbocycles. The van der Waals surface area contributed by atoms with Gasteiger partial charge in [-0.1, -0.05) is 33.6 Å². The third-order valence-corrected chi connectivity index (χ3v) is 3.71. The van der Waals surface area contributed by atoms with Crippen LogP contribution in [-0.2, 0) is 16.1 Å². The van der Waals surface area contributed by atoms with E-state index in [0.717, 1.165) is 21.8 Å². The molecule has 1 rings (SSSR count). The summed E-state index contributed by atoms with van der Waals surface area (Å²) in [5.41, 5.74) is 0.816. The molecule has 0 atom stereocenters. The molecule has 0 bridgehead atoms. The fourth-order valence-electron chi connectivity index (χ4n) is 1.14. The zero-order valence-electron chi connectivity index (χ0n) is 9.28. The molecular weight excluding hydrogens is 342 g/mol. The van der Waals surface area contributed by atoms with Crippen molar-refractivity contribution in [3.05, 3.63) is 33.3 Å². The second-order valence-electron chi connectivity index (χ2n) is 3.40. The average molecular weight is 353 g/mol. The largest absolute Gasteiger partial charge is 0.481 e. The summed E-state index contributed by atoms with van der Waals surface area (Å²) in [5, 5.41) is 11.7. The van der Waals surface area contributed by atoms with Crippen LogP contribution < -0.4 is 5.32 Å². The molecule has 2 N–H and O–H groups in total. The highest BCUT2D eigenvalue weighted by Gasteiger charge is 2.06. The van der Waals surface area contributed by atoms with E-state index in [-0.39, 0.29) is 17.4 Å². The third-order valence-electron chi connectivity index (χ3n) is 1.95.